The summed E-state index contributed by atoms with van der Waals surface area (Å²) in [6, 6.07) is -0.820. The Kier molecular flexibility index (Phi) is 2.57. The Morgan fingerprint density at radius 3 is 2.55 bits per heavy atom. The van der Waals surface area contributed by atoms with E-state index < -0.39 is 10.9 Å². The van der Waals surface area contributed by atoms with Crippen LogP contribution < -0.4 is 10.6 Å². The van der Waals surface area contributed by atoms with Gasteiger partial charge in [0.15, 0.2) is 0 Å². The number of hydrogen-bond donors (Lipinski definition) is 2. The summed E-state index contributed by atoms with van der Waals surface area (Å²) in [6.45, 7) is -0.00414. The topological polar surface area (TPSA) is 58.2 Å². The van der Waals surface area contributed by atoms with Gasteiger partial charge in [0.05, 0.1) is 6.54 Å². The van der Waals surface area contributed by atoms with Crippen molar-refractivity contribution < 1.29 is 9.59 Å². The minimum atomic E-state index is -0.903. The molecule has 2 amide bonds. The van der Waals surface area contributed by atoms with E-state index in [1.807, 2.05) is 0 Å². The molecule has 11 heavy (non-hydrogen) atoms. The number of hydrogen-bond acceptors (Lipinski definition) is 2. The van der Waals surface area contributed by atoms with Crippen LogP contribution in [0.3, 0.4) is 0 Å². The summed E-state index contributed by atoms with van der Waals surface area (Å²) in [5.41, 5.74) is 0. The molecule has 0 aromatic heterocycles. The Labute approximate surface area is 73.2 Å². The monoisotopic (exact) mass is 196 g/mol. The van der Waals surface area contributed by atoms with E-state index in [9.17, 15) is 9.59 Å². The minimum Gasteiger partial charge on any atom is -0.345 e. The first-order valence-corrected chi connectivity index (χ1v) is 3.84. The molecule has 0 radical (unpaired) electrons. The molecule has 6 heteroatoms. The molecule has 62 valence electrons. The maximum Gasteiger partial charge on any atom is 0.245 e. The van der Waals surface area contributed by atoms with Gasteiger partial charge in [-0.2, -0.15) is 0 Å². The summed E-state index contributed by atoms with van der Waals surface area (Å²) < 4.78 is 0. The van der Waals surface area contributed by atoms with Crippen LogP contribution in [0.1, 0.15) is 0 Å². The molecule has 1 fully saturated rings. The number of piperazine rings is 1. The van der Waals surface area contributed by atoms with E-state index in [2.05, 4.69) is 10.6 Å². The normalized spacial score (nSPS) is 24.8. The third-order valence-corrected chi connectivity index (χ3v) is 1.78. The number of rotatable bonds is 1. The molecule has 0 aliphatic carbocycles. The molecule has 1 saturated heterocycles. The van der Waals surface area contributed by atoms with E-state index in [1.165, 1.54) is 0 Å². The molecule has 2 N–H and O–H groups in total. The molecule has 1 aliphatic rings. The van der Waals surface area contributed by atoms with E-state index in [0.29, 0.717) is 0 Å². The zero-order valence-electron chi connectivity index (χ0n) is 5.43. The molecule has 1 heterocycles. The molecule has 0 aromatic rings. The number of alkyl halides is 2. The minimum absolute atomic E-state index is 0.00414. The van der Waals surface area contributed by atoms with Crippen molar-refractivity contribution in [1.82, 2.24) is 10.6 Å². The fourth-order valence-electron chi connectivity index (χ4n) is 0.745. The second-order valence-electron chi connectivity index (χ2n) is 2.10. The fourth-order valence-corrected chi connectivity index (χ4v) is 1.10. The van der Waals surface area contributed by atoms with Crippen molar-refractivity contribution in [1.29, 1.82) is 0 Å². The number of carbonyl (C=O) groups is 2. The first-order chi connectivity index (χ1) is 5.11. The fraction of sp³-hybridized carbons (Fsp3) is 0.600. The molecule has 0 aromatic carbocycles. The zero-order valence-corrected chi connectivity index (χ0v) is 6.95. The van der Waals surface area contributed by atoms with E-state index in [-0.39, 0.29) is 18.4 Å². The molecule has 4 nitrogen and oxygen atoms in total. The van der Waals surface area contributed by atoms with Gasteiger partial charge in [0, 0.05) is 0 Å². The molecule has 0 saturated carbocycles. The summed E-state index contributed by atoms with van der Waals surface area (Å²) in [5.74, 6) is -0.625. The SMILES string of the molecule is O=C1CNC(=O)C(C(Cl)Cl)N1. The predicted molar refractivity (Wildman–Crippen MR) is 40.4 cm³/mol. The van der Waals surface area contributed by atoms with E-state index in [0.717, 1.165) is 0 Å². The van der Waals surface area contributed by atoms with Crippen molar-refractivity contribution in [2.75, 3.05) is 6.54 Å². The Hall–Kier alpha value is -0.480. The Bertz CT molecular complexity index is 195. The third-order valence-electron chi connectivity index (χ3n) is 1.27. The van der Waals surface area contributed by atoms with Gasteiger partial charge in [-0.25, -0.2) is 0 Å². The lowest BCUT2D eigenvalue weighted by Crippen LogP contribution is -2.58. The van der Waals surface area contributed by atoms with Crippen molar-refractivity contribution in [2.45, 2.75) is 10.9 Å². The lowest BCUT2D eigenvalue weighted by molar-refractivity contribution is -0.133. The van der Waals surface area contributed by atoms with E-state index in [1.54, 1.807) is 0 Å². The smallest absolute Gasteiger partial charge is 0.245 e. The van der Waals surface area contributed by atoms with Crippen molar-refractivity contribution in [3.05, 3.63) is 0 Å². The second kappa shape index (κ2) is 3.28. The van der Waals surface area contributed by atoms with Gasteiger partial charge >= 0.3 is 0 Å². The zero-order chi connectivity index (χ0) is 8.43. The molecule has 1 rings (SSSR count). The van der Waals surface area contributed by atoms with Crippen molar-refractivity contribution in [2.24, 2.45) is 0 Å². The van der Waals surface area contributed by atoms with Gasteiger partial charge in [-0.3, -0.25) is 9.59 Å². The summed E-state index contributed by atoms with van der Waals surface area (Å²) in [6.07, 6.45) is 0. The van der Waals surface area contributed by atoms with Crippen LogP contribution in [0.15, 0.2) is 0 Å². The van der Waals surface area contributed by atoms with Gasteiger partial charge in [-0.15, -0.1) is 23.2 Å². The maximum absolute atomic E-state index is 10.9. The first-order valence-electron chi connectivity index (χ1n) is 2.96. The number of amides is 2. The summed E-state index contributed by atoms with van der Waals surface area (Å²) in [7, 11) is 0. The highest BCUT2D eigenvalue weighted by Crippen LogP contribution is 2.09. The van der Waals surface area contributed by atoms with Crippen LogP contribution in [0.25, 0.3) is 0 Å². The lowest BCUT2D eigenvalue weighted by Gasteiger charge is -2.23. The highest BCUT2D eigenvalue weighted by atomic mass is 35.5. The Balaban J connectivity index is 2.61. The summed E-state index contributed by atoms with van der Waals surface area (Å²) in [5, 5.41) is 4.69. The van der Waals surface area contributed by atoms with Crippen LogP contribution in [0.4, 0.5) is 0 Å². The largest absolute Gasteiger partial charge is 0.345 e. The standard InChI is InChI=1S/C5H6Cl2N2O2/c6-4(7)3-5(11)8-1-2(10)9-3/h3-4H,1H2,(H,8,11)(H,9,10). The Morgan fingerprint density at radius 1 is 1.45 bits per heavy atom. The van der Waals surface area contributed by atoms with Crippen molar-refractivity contribution >= 4 is 35.0 Å². The first kappa shape index (κ1) is 8.62. The van der Waals surface area contributed by atoms with E-state index in [4.69, 9.17) is 23.2 Å². The molecule has 1 atom stereocenters. The van der Waals surface area contributed by atoms with Gasteiger partial charge in [0.2, 0.25) is 11.8 Å². The molecule has 1 unspecified atom stereocenters. The predicted octanol–water partition coefficient (Wildman–Crippen LogP) is -0.595. The summed E-state index contributed by atoms with van der Waals surface area (Å²) >= 11 is 10.8. The molecule has 0 bridgehead atoms. The average Bonchev–Trinajstić information content (AvgIpc) is 1.94. The van der Waals surface area contributed by atoms with Crippen LogP contribution in [0, 0.1) is 0 Å². The van der Waals surface area contributed by atoms with Gasteiger partial charge in [0.1, 0.15) is 10.9 Å². The molecular formula is C5H6Cl2N2O2. The summed E-state index contributed by atoms with van der Waals surface area (Å²) in [4.78, 5) is 20.7. The van der Waals surface area contributed by atoms with Crippen LogP contribution in [0.5, 0.6) is 0 Å². The van der Waals surface area contributed by atoms with Crippen molar-refractivity contribution in [3.63, 3.8) is 0 Å². The highest BCUT2D eigenvalue weighted by Gasteiger charge is 2.30. The van der Waals surface area contributed by atoms with Gasteiger partial charge in [0.25, 0.3) is 0 Å². The number of nitrogens with one attached hydrogen (secondary N) is 2. The molecular weight excluding hydrogens is 191 g/mol. The number of halogens is 2. The molecule has 0 spiro atoms. The van der Waals surface area contributed by atoms with Gasteiger partial charge in [-0.05, 0) is 0 Å². The quantitative estimate of drug-likeness (QED) is 0.551. The average molecular weight is 197 g/mol. The van der Waals surface area contributed by atoms with E-state index >= 15 is 0 Å². The van der Waals surface area contributed by atoms with Crippen LogP contribution >= 0.6 is 23.2 Å². The highest BCUT2D eigenvalue weighted by molar-refractivity contribution is 6.46. The van der Waals surface area contributed by atoms with Gasteiger partial charge in [-0.1, -0.05) is 0 Å². The Morgan fingerprint density at radius 2 is 2.09 bits per heavy atom. The molecule has 1 aliphatic heterocycles. The second-order valence-corrected chi connectivity index (χ2v) is 3.26. The number of carbonyl (C=O) groups excluding carboxylic acids is 2. The third kappa shape index (κ3) is 1.97. The van der Waals surface area contributed by atoms with Crippen LogP contribution in [0.2, 0.25) is 0 Å². The van der Waals surface area contributed by atoms with Crippen molar-refractivity contribution in [3.8, 4) is 0 Å². The van der Waals surface area contributed by atoms with Crippen LogP contribution in [-0.4, -0.2) is 29.2 Å². The lowest BCUT2D eigenvalue weighted by atomic mass is 10.2. The van der Waals surface area contributed by atoms with Crippen LogP contribution in [-0.2, 0) is 9.59 Å². The maximum atomic E-state index is 10.9. The van der Waals surface area contributed by atoms with Gasteiger partial charge < -0.3 is 10.6 Å².